The molecule has 3 N–H and O–H groups in total. The van der Waals surface area contributed by atoms with Crippen LogP contribution in [0.4, 0.5) is 4.79 Å². The summed E-state index contributed by atoms with van der Waals surface area (Å²) in [4.78, 5) is 25.4. The van der Waals surface area contributed by atoms with Crippen molar-refractivity contribution >= 4 is 12.1 Å². The molecule has 0 spiro atoms. The normalized spacial score (nSPS) is 25.4. The fraction of sp³-hybridized carbons (Fsp3) is 0.714. The second-order valence-corrected chi connectivity index (χ2v) is 6.42. The maximum atomic E-state index is 12.2. The molecule has 118 valence electrons. The Balaban J connectivity index is 2.19. The summed E-state index contributed by atoms with van der Waals surface area (Å²) in [5.74, 6) is -0.937. The van der Waals surface area contributed by atoms with E-state index >= 15 is 0 Å². The van der Waals surface area contributed by atoms with Crippen molar-refractivity contribution in [3.05, 3.63) is 11.3 Å². The number of hydrazine groups is 1. The van der Waals surface area contributed by atoms with Gasteiger partial charge in [0.2, 0.25) is 0 Å². The number of carbonyl (C=O) groups excluding carboxylic acids is 1. The molecule has 0 aromatic carbocycles. The number of aliphatic carboxylic acids is 1. The Morgan fingerprint density at radius 2 is 2.10 bits per heavy atom. The van der Waals surface area contributed by atoms with Crippen LogP contribution in [-0.4, -0.2) is 46.3 Å². The summed E-state index contributed by atoms with van der Waals surface area (Å²) in [6.07, 6.45) is 0.587. The maximum absolute atomic E-state index is 12.2. The van der Waals surface area contributed by atoms with Crippen molar-refractivity contribution in [1.82, 2.24) is 15.8 Å². The second kappa shape index (κ2) is 5.22. The number of carbonyl (C=O) groups is 2. The molecule has 7 nitrogen and oxygen atoms in total. The van der Waals surface area contributed by atoms with Gasteiger partial charge in [0.1, 0.15) is 5.60 Å². The lowest BCUT2D eigenvalue weighted by Crippen LogP contribution is -2.54. The third-order valence-corrected chi connectivity index (χ3v) is 3.83. The molecule has 0 saturated carbocycles. The largest absolute Gasteiger partial charge is 0.480 e. The molecule has 1 atom stereocenters. The Labute approximate surface area is 124 Å². The zero-order chi connectivity index (χ0) is 15.8. The Morgan fingerprint density at radius 3 is 2.62 bits per heavy atom. The van der Waals surface area contributed by atoms with Crippen LogP contribution in [0.1, 0.15) is 40.5 Å². The summed E-state index contributed by atoms with van der Waals surface area (Å²) in [5.41, 5.74) is 5.71. The van der Waals surface area contributed by atoms with E-state index in [0.29, 0.717) is 19.4 Å². The van der Waals surface area contributed by atoms with Crippen LogP contribution in [0.15, 0.2) is 11.3 Å². The monoisotopic (exact) mass is 297 g/mol. The van der Waals surface area contributed by atoms with Crippen molar-refractivity contribution in [1.29, 1.82) is 0 Å². The molecule has 2 aliphatic rings. The topological polar surface area (TPSA) is 90.9 Å². The molecule has 2 rings (SSSR count). The van der Waals surface area contributed by atoms with Gasteiger partial charge in [-0.25, -0.2) is 15.0 Å². The van der Waals surface area contributed by atoms with Crippen LogP contribution in [0.3, 0.4) is 0 Å². The van der Waals surface area contributed by atoms with Crippen molar-refractivity contribution in [3.63, 3.8) is 0 Å². The van der Waals surface area contributed by atoms with E-state index < -0.39 is 23.2 Å². The minimum Gasteiger partial charge on any atom is -0.480 e. The Bertz CT molecular complexity index is 495. The van der Waals surface area contributed by atoms with Gasteiger partial charge in [0.15, 0.2) is 5.54 Å². The van der Waals surface area contributed by atoms with E-state index in [0.717, 1.165) is 11.3 Å². The zero-order valence-corrected chi connectivity index (χ0v) is 12.9. The van der Waals surface area contributed by atoms with Crippen molar-refractivity contribution in [2.24, 2.45) is 0 Å². The predicted octanol–water partition coefficient (Wildman–Crippen LogP) is 1.22. The molecule has 1 unspecified atom stereocenters. The van der Waals surface area contributed by atoms with Crippen LogP contribution in [-0.2, 0) is 9.53 Å². The van der Waals surface area contributed by atoms with E-state index in [1.807, 2.05) is 27.7 Å². The summed E-state index contributed by atoms with van der Waals surface area (Å²) >= 11 is 0. The summed E-state index contributed by atoms with van der Waals surface area (Å²) < 4.78 is 5.36. The van der Waals surface area contributed by atoms with E-state index in [2.05, 4.69) is 10.9 Å². The van der Waals surface area contributed by atoms with Gasteiger partial charge in [-0.1, -0.05) is 6.92 Å². The molecular formula is C14H23N3O4. The molecule has 2 aliphatic heterocycles. The van der Waals surface area contributed by atoms with E-state index in [1.54, 1.807) is 4.90 Å². The Kier molecular flexibility index (Phi) is 3.88. The number of carboxylic acid groups (broad SMARTS) is 1. The summed E-state index contributed by atoms with van der Waals surface area (Å²) in [6.45, 7) is 8.03. The SMILES string of the molecule is CCC1(C(=O)O)NNC2=C1CN(C(=O)OC(C)(C)C)CC2. The molecule has 0 fully saturated rings. The molecule has 0 aromatic rings. The highest BCUT2D eigenvalue weighted by Crippen LogP contribution is 2.33. The molecule has 0 radical (unpaired) electrons. The van der Waals surface area contributed by atoms with E-state index in [1.165, 1.54) is 0 Å². The van der Waals surface area contributed by atoms with Crippen molar-refractivity contribution < 1.29 is 19.4 Å². The summed E-state index contributed by atoms with van der Waals surface area (Å²) in [7, 11) is 0. The van der Waals surface area contributed by atoms with Crippen LogP contribution in [0, 0.1) is 0 Å². The lowest BCUT2D eigenvalue weighted by Gasteiger charge is -2.34. The molecular weight excluding hydrogens is 274 g/mol. The van der Waals surface area contributed by atoms with Gasteiger partial charge in [-0.3, -0.25) is 0 Å². The third kappa shape index (κ3) is 2.83. The number of hydrogen-bond acceptors (Lipinski definition) is 5. The molecule has 0 aliphatic carbocycles. The summed E-state index contributed by atoms with van der Waals surface area (Å²) in [6, 6.07) is 0. The van der Waals surface area contributed by atoms with Gasteiger partial charge in [-0.05, 0) is 27.2 Å². The highest BCUT2D eigenvalue weighted by Gasteiger charge is 2.48. The first-order valence-electron chi connectivity index (χ1n) is 7.16. The number of nitrogens with zero attached hydrogens (tertiary/aromatic N) is 1. The first kappa shape index (κ1) is 15.6. The average molecular weight is 297 g/mol. The van der Waals surface area contributed by atoms with Crippen LogP contribution in [0.25, 0.3) is 0 Å². The highest BCUT2D eigenvalue weighted by molar-refractivity contribution is 5.85. The number of hydrogen-bond donors (Lipinski definition) is 3. The van der Waals surface area contributed by atoms with E-state index in [-0.39, 0.29) is 6.54 Å². The van der Waals surface area contributed by atoms with Gasteiger partial charge in [0.25, 0.3) is 0 Å². The van der Waals surface area contributed by atoms with Gasteiger partial charge >= 0.3 is 12.1 Å². The number of ether oxygens (including phenoxy) is 1. The van der Waals surface area contributed by atoms with E-state index in [9.17, 15) is 14.7 Å². The molecule has 21 heavy (non-hydrogen) atoms. The quantitative estimate of drug-likeness (QED) is 0.710. The lowest BCUT2D eigenvalue weighted by molar-refractivity contribution is -0.143. The molecule has 0 saturated heterocycles. The zero-order valence-electron chi connectivity index (χ0n) is 12.9. The van der Waals surface area contributed by atoms with Crippen LogP contribution >= 0.6 is 0 Å². The fourth-order valence-corrected chi connectivity index (χ4v) is 2.67. The minimum atomic E-state index is -1.14. The lowest BCUT2D eigenvalue weighted by atomic mass is 9.85. The molecule has 7 heteroatoms. The molecule has 0 aromatic heterocycles. The minimum absolute atomic E-state index is 0.268. The number of nitrogens with one attached hydrogen (secondary N) is 2. The van der Waals surface area contributed by atoms with Crippen LogP contribution < -0.4 is 10.9 Å². The third-order valence-electron chi connectivity index (χ3n) is 3.83. The van der Waals surface area contributed by atoms with Gasteiger partial charge in [-0.15, -0.1) is 0 Å². The Hall–Kier alpha value is -1.76. The average Bonchev–Trinajstić information content (AvgIpc) is 2.75. The van der Waals surface area contributed by atoms with E-state index in [4.69, 9.17) is 4.74 Å². The number of rotatable bonds is 2. The van der Waals surface area contributed by atoms with Gasteiger partial charge in [-0.2, -0.15) is 0 Å². The predicted molar refractivity (Wildman–Crippen MR) is 76.4 cm³/mol. The first-order chi connectivity index (χ1) is 9.69. The second-order valence-electron chi connectivity index (χ2n) is 6.42. The van der Waals surface area contributed by atoms with Crippen molar-refractivity contribution in [2.75, 3.05) is 13.1 Å². The van der Waals surface area contributed by atoms with Gasteiger partial charge in [0, 0.05) is 30.8 Å². The molecule has 0 bridgehead atoms. The molecule has 1 amide bonds. The van der Waals surface area contributed by atoms with Crippen molar-refractivity contribution in [3.8, 4) is 0 Å². The van der Waals surface area contributed by atoms with Crippen molar-refractivity contribution in [2.45, 2.75) is 51.7 Å². The van der Waals surface area contributed by atoms with Crippen LogP contribution in [0.5, 0.6) is 0 Å². The molecule has 2 heterocycles. The number of amides is 1. The number of carboxylic acids is 1. The summed E-state index contributed by atoms with van der Waals surface area (Å²) in [5, 5.41) is 9.54. The highest BCUT2D eigenvalue weighted by atomic mass is 16.6. The maximum Gasteiger partial charge on any atom is 0.410 e. The van der Waals surface area contributed by atoms with Gasteiger partial charge < -0.3 is 20.2 Å². The first-order valence-corrected chi connectivity index (χ1v) is 7.16. The standard InChI is InChI=1S/C14H23N3O4/c1-5-14(11(18)19)9-8-17(7-6-10(9)15-16-14)12(20)21-13(2,3)4/h15-16H,5-8H2,1-4H3,(H,18,19). The van der Waals surface area contributed by atoms with Gasteiger partial charge in [0.05, 0.1) is 0 Å². The fourth-order valence-electron chi connectivity index (χ4n) is 2.67. The Morgan fingerprint density at radius 1 is 1.43 bits per heavy atom. The van der Waals surface area contributed by atoms with Crippen LogP contribution in [0.2, 0.25) is 0 Å². The smallest absolute Gasteiger partial charge is 0.410 e.